The highest BCUT2D eigenvalue weighted by Crippen LogP contribution is 2.27. The molecule has 0 amide bonds. The van der Waals surface area contributed by atoms with Gasteiger partial charge < -0.3 is 4.90 Å². The van der Waals surface area contributed by atoms with E-state index in [4.69, 9.17) is 11.6 Å². The number of pyridine rings is 1. The Morgan fingerprint density at radius 1 is 1.11 bits per heavy atom. The molecule has 2 rings (SSSR count). The molecular weight excluding hydrogens is 256 g/mol. The molecule has 0 radical (unpaired) electrons. The van der Waals surface area contributed by atoms with Crippen molar-refractivity contribution < 1.29 is 0 Å². The third kappa shape index (κ3) is 3.07. The van der Waals surface area contributed by atoms with Crippen LogP contribution in [0.5, 0.6) is 0 Å². The zero-order valence-electron chi connectivity index (χ0n) is 11.9. The second-order valence-corrected chi connectivity index (χ2v) is 5.22. The Balaban J connectivity index is 2.43. The Hall–Kier alpha value is -1.54. The number of halogens is 1. The number of aryl methyl sites for hydroxylation is 3. The minimum absolute atomic E-state index is 0.511. The second-order valence-electron chi connectivity index (χ2n) is 4.96. The van der Waals surface area contributed by atoms with Gasteiger partial charge >= 0.3 is 0 Å². The fraction of sp³-hybridized carbons (Fsp3) is 0.312. The summed E-state index contributed by atoms with van der Waals surface area (Å²) >= 11 is 5.93. The van der Waals surface area contributed by atoms with Crippen LogP contribution in [0.3, 0.4) is 0 Å². The van der Waals surface area contributed by atoms with Crippen LogP contribution in [0.25, 0.3) is 0 Å². The van der Waals surface area contributed by atoms with Crippen molar-refractivity contribution in [2.75, 3.05) is 11.9 Å². The van der Waals surface area contributed by atoms with E-state index in [9.17, 15) is 0 Å². The van der Waals surface area contributed by atoms with Gasteiger partial charge in [-0.2, -0.15) is 0 Å². The molecule has 0 bridgehead atoms. The summed E-state index contributed by atoms with van der Waals surface area (Å²) in [5.74, 6) is 1.44. The van der Waals surface area contributed by atoms with E-state index in [1.165, 1.54) is 16.8 Å². The lowest BCUT2D eigenvalue weighted by Crippen LogP contribution is -2.13. The average molecular weight is 275 g/mol. The number of benzene rings is 1. The molecule has 0 aliphatic rings. The molecule has 0 aliphatic heterocycles. The van der Waals surface area contributed by atoms with Gasteiger partial charge in [-0.05, 0) is 50.1 Å². The van der Waals surface area contributed by atoms with E-state index >= 15 is 0 Å². The maximum absolute atomic E-state index is 5.93. The van der Waals surface area contributed by atoms with Gasteiger partial charge in [0, 0.05) is 24.3 Å². The summed E-state index contributed by atoms with van der Waals surface area (Å²) in [7, 11) is 2.04. The molecule has 1 aromatic heterocycles. The van der Waals surface area contributed by atoms with Crippen molar-refractivity contribution in [1.29, 1.82) is 0 Å². The summed E-state index contributed by atoms with van der Waals surface area (Å²) in [6, 6.07) is 10.5. The summed E-state index contributed by atoms with van der Waals surface area (Å²) in [5, 5.41) is 0. The van der Waals surface area contributed by atoms with Gasteiger partial charge in [-0.15, -0.1) is 11.6 Å². The molecule has 1 aromatic carbocycles. The van der Waals surface area contributed by atoms with Crippen molar-refractivity contribution in [1.82, 2.24) is 4.98 Å². The van der Waals surface area contributed by atoms with E-state index in [0.29, 0.717) is 5.88 Å². The molecule has 2 nitrogen and oxygen atoms in total. The maximum atomic E-state index is 5.93. The van der Waals surface area contributed by atoms with Gasteiger partial charge in [0.1, 0.15) is 5.82 Å². The molecule has 0 aliphatic carbocycles. The number of hydrogen-bond donors (Lipinski definition) is 0. The van der Waals surface area contributed by atoms with Crippen LogP contribution in [0.2, 0.25) is 0 Å². The fourth-order valence-electron chi connectivity index (χ4n) is 2.28. The summed E-state index contributed by atoms with van der Waals surface area (Å²) in [6.45, 7) is 6.22. The largest absolute Gasteiger partial charge is 0.329 e. The highest BCUT2D eigenvalue weighted by Gasteiger charge is 2.09. The van der Waals surface area contributed by atoms with E-state index in [0.717, 1.165) is 17.1 Å². The predicted octanol–water partition coefficient (Wildman–Crippen LogP) is 4.51. The van der Waals surface area contributed by atoms with Crippen LogP contribution in [0.15, 0.2) is 30.3 Å². The molecule has 0 spiro atoms. The Bertz CT molecular complexity index is 593. The normalized spacial score (nSPS) is 10.6. The molecule has 0 saturated carbocycles. The molecule has 0 N–H and O–H groups in total. The number of nitrogens with zero attached hydrogens (tertiary/aromatic N) is 2. The first kappa shape index (κ1) is 13.9. The first-order valence-corrected chi connectivity index (χ1v) is 6.89. The number of rotatable bonds is 3. The molecule has 0 unspecified atom stereocenters. The lowest BCUT2D eigenvalue weighted by molar-refractivity contribution is 1.07. The minimum atomic E-state index is 0.511. The minimum Gasteiger partial charge on any atom is -0.329 e. The van der Waals surface area contributed by atoms with Crippen molar-refractivity contribution in [2.24, 2.45) is 0 Å². The second kappa shape index (κ2) is 5.62. The number of hydrogen-bond acceptors (Lipinski definition) is 2. The molecule has 19 heavy (non-hydrogen) atoms. The van der Waals surface area contributed by atoms with Gasteiger partial charge in [-0.1, -0.05) is 17.7 Å². The Morgan fingerprint density at radius 2 is 1.84 bits per heavy atom. The zero-order valence-corrected chi connectivity index (χ0v) is 12.6. The van der Waals surface area contributed by atoms with Gasteiger partial charge in [0.2, 0.25) is 0 Å². The highest BCUT2D eigenvalue weighted by atomic mass is 35.5. The predicted molar refractivity (Wildman–Crippen MR) is 82.5 cm³/mol. The molecule has 3 heteroatoms. The van der Waals surface area contributed by atoms with Gasteiger partial charge in [-0.25, -0.2) is 4.98 Å². The Kier molecular flexibility index (Phi) is 4.11. The van der Waals surface area contributed by atoms with Crippen molar-refractivity contribution in [3.05, 3.63) is 52.7 Å². The van der Waals surface area contributed by atoms with E-state index in [-0.39, 0.29) is 0 Å². The number of anilines is 2. The zero-order chi connectivity index (χ0) is 14.0. The lowest BCUT2D eigenvalue weighted by atomic mass is 10.1. The Labute approximate surface area is 120 Å². The summed E-state index contributed by atoms with van der Waals surface area (Å²) in [6.07, 6.45) is 0. The van der Waals surface area contributed by atoms with E-state index in [1.54, 1.807) is 0 Å². The SMILES string of the molecule is Cc1ccc(N(C)c2cc(CCl)cc(C)n2)c(C)c1. The van der Waals surface area contributed by atoms with Crippen LogP contribution in [0, 0.1) is 20.8 Å². The fourth-order valence-corrected chi connectivity index (χ4v) is 2.43. The smallest absolute Gasteiger partial charge is 0.133 e. The Morgan fingerprint density at radius 3 is 2.47 bits per heavy atom. The van der Waals surface area contributed by atoms with Gasteiger partial charge in [-0.3, -0.25) is 0 Å². The van der Waals surface area contributed by atoms with Crippen molar-refractivity contribution in [3.8, 4) is 0 Å². The third-order valence-corrected chi connectivity index (χ3v) is 3.52. The number of alkyl halides is 1. The van der Waals surface area contributed by atoms with Crippen LogP contribution in [-0.4, -0.2) is 12.0 Å². The van der Waals surface area contributed by atoms with E-state index < -0.39 is 0 Å². The molecule has 0 fully saturated rings. The number of aromatic nitrogens is 1. The van der Waals surface area contributed by atoms with Crippen molar-refractivity contribution in [3.63, 3.8) is 0 Å². The molecule has 2 aromatic rings. The van der Waals surface area contributed by atoms with Crippen LogP contribution in [-0.2, 0) is 5.88 Å². The summed E-state index contributed by atoms with van der Waals surface area (Å²) in [4.78, 5) is 6.70. The first-order valence-electron chi connectivity index (χ1n) is 6.36. The first-order chi connectivity index (χ1) is 9.01. The van der Waals surface area contributed by atoms with Crippen molar-refractivity contribution >= 4 is 23.1 Å². The van der Waals surface area contributed by atoms with Crippen LogP contribution in [0.4, 0.5) is 11.5 Å². The maximum Gasteiger partial charge on any atom is 0.133 e. The van der Waals surface area contributed by atoms with Gasteiger partial charge in [0.05, 0.1) is 0 Å². The molecule has 100 valence electrons. The topological polar surface area (TPSA) is 16.1 Å². The lowest BCUT2D eigenvalue weighted by Gasteiger charge is -2.22. The third-order valence-electron chi connectivity index (χ3n) is 3.21. The molecule has 0 saturated heterocycles. The van der Waals surface area contributed by atoms with E-state index in [2.05, 4.69) is 41.9 Å². The van der Waals surface area contributed by atoms with Crippen LogP contribution in [0.1, 0.15) is 22.4 Å². The highest BCUT2D eigenvalue weighted by molar-refractivity contribution is 6.17. The standard InChI is InChI=1S/C16H19ClN2/c1-11-5-6-15(12(2)7-11)19(4)16-9-14(10-17)8-13(3)18-16/h5-9H,10H2,1-4H3. The monoisotopic (exact) mass is 274 g/mol. The van der Waals surface area contributed by atoms with E-state index in [1.807, 2.05) is 26.1 Å². The molecule has 0 atom stereocenters. The van der Waals surface area contributed by atoms with Crippen molar-refractivity contribution in [2.45, 2.75) is 26.7 Å². The average Bonchev–Trinajstić information content (AvgIpc) is 2.37. The van der Waals surface area contributed by atoms with Gasteiger partial charge in [0.15, 0.2) is 0 Å². The molecule has 1 heterocycles. The van der Waals surface area contributed by atoms with Gasteiger partial charge in [0.25, 0.3) is 0 Å². The summed E-state index contributed by atoms with van der Waals surface area (Å²) < 4.78 is 0. The summed E-state index contributed by atoms with van der Waals surface area (Å²) in [5.41, 5.74) is 5.78. The quantitative estimate of drug-likeness (QED) is 0.766. The molecular formula is C16H19ClN2. The van der Waals surface area contributed by atoms with Crippen LogP contribution < -0.4 is 4.90 Å². The van der Waals surface area contributed by atoms with Crippen LogP contribution >= 0.6 is 11.6 Å².